The molecule has 0 unspecified atom stereocenters. The molecule has 5 rings (SSSR count). The Morgan fingerprint density at radius 2 is 1.97 bits per heavy atom. The summed E-state index contributed by atoms with van der Waals surface area (Å²) in [6.07, 6.45) is 2.15. The summed E-state index contributed by atoms with van der Waals surface area (Å²) in [5.74, 6) is 1.62. The third-order valence-corrected chi connectivity index (χ3v) is 6.76. The first-order chi connectivity index (χ1) is 17.5. The van der Waals surface area contributed by atoms with Gasteiger partial charge in [-0.05, 0) is 30.2 Å². The predicted molar refractivity (Wildman–Crippen MR) is 138 cm³/mol. The third-order valence-electron chi connectivity index (χ3n) is 6.76. The molecular weight excluding hydrogens is 454 g/mol. The van der Waals surface area contributed by atoms with E-state index >= 15 is 0 Å². The van der Waals surface area contributed by atoms with Gasteiger partial charge in [0.15, 0.2) is 0 Å². The smallest absolute Gasteiger partial charge is 0.219 e. The monoisotopic (exact) mass is 481 g/mol. The van der Waals surface area contributed by atoms with Crippen LogP contribution in [-0.2, 0) is 11.2 Å². The summed E-state index contributed by atoms with van der Waals surface area (Å²) in [6.45, 7) is 6.52. The summed E-state index contributed by atoms with van der Waals surface area (Å²) < 4.78 is 5.67. The maximum Gasteiger partial charge on any atom is 0.219 e. The van der Waals surface area contributed by atoms with Crippen LogP contribution in [0.2, 0.25) is 0 Å². The lowest BCUT2D eigenvalue weighted by Gasteiger charge is -2.34. The van der Waals surface area contributed by atoms with Crippen LogP contribution in [0.4, 0.5) is 5.82 Å². The molecule has 9 nitrogen and oxygen atoms in total. The number of carbonyl (C=O) groups is 1. The summed E-state index contributed by atoms with van der Waals surface area (Å²) >= 11 is 0. The molecule has 1 aliphatic heterocycles. The van der Waals surface area contributed by atoms with Crippen molar-refractivity contribution in [2.24, 2.45) is 0 Å². The Bertz CT molecular complexity index is 1460. The molecule has 1 saturated heterocycles. The highest BCUT2D eigenvalue weighted by Crippen LogP contribution is 2.36. The van der Waals surface area contributed by atoms with Gasteiger partial charge < -0.3 is 14.5 Å². The summed E-state index contributed by atoms with van der Waals surface area (Å²) in [5, 5.41) is 16.8. The number of ether oxygens (including phenoxy) is 1. The van der Waals surface area contributed by atoms with Crippen LogP contribution < -0.4 is 9.64 Å². The second kappa shape index (κ2) is 9.66. The number of carbonyl (C=O) groups excluding carboxylic acids is 1. The SMILES string of the molecule is COc1cc2[nH]nc(-c3ccc(N4CCN(C(C)=O)CC4)nc3)c2nc1-c1cccc(CC#N)c1C. The van der Waals surface area contributed by atoms with Crippen LogP contribution in [0.25, 0.3) is 33.5 Å². The fourth-order valence-corrected chi connectivity index (χ4v) is 4.66. The summed E-state index contributed by atoms with van der Waals surface area (Å²) in [6, 6.07) is 14.0. The Morgan fingerprint density at radius 1 is 1.17 bits per heavy atom. The molecule has 36 heavy (non-hydrogen) atoms. The van der Waals surface area contributed by atoms with Crippen molar-refractivity contribution >= 4 is 22.8 Å². The normalized spacial score (nSPS) is 13.6. The highest BCUT2D eigenvalue weighted by molar-refractivity contribution is 5.93. The molecule has 0 radical (unpaired) electrons. The summed E-state index contributed by atoms with van der Waals surface area (Å²) in [4.78, 5) is 25.3. The quantitative estimate of drug-likeness (QED) is 0.462. The van der Waals surface area contributed by atoms with Gasteiger partial charge in [-0.1, -0.05) is 18.2 Å². The van der Waals surface area contributed by atoms with E-state index in [0.717, 1.165) is 52.2 Å². The highest BCUT2D eigenvalue weighted by Gasteiger charge is 2.21. The van der Waals surface area contributed by atoms with Crippen LogP contribution in [0.3, 0.4) is 0 Å². The van der Waals surface area contributed by atoms with E-state index in [1.807, 2.05) is 54.4 Å². The zero-order valence-corrected chi connectivity index (χ0v) is 20.6. The van der Waals surface area contributed by atoms with Gasteiger partial charge in [0, 0.05) is 56.5 Å². The zero-order valence-electron chi connectivity index (χ0n) is 20.6. The first kappa shape index (κ1) is 23.3. The molecule has 1 aliphatic rings. The Morgan fingerprint density at radius 3 is 2.64 bits per heavy atom. The molecule has 4 heterocycles. The minimum absolute atomic E-state index is 0.110. The van der Waals surface area contributed by atoms with Crippen molar-refractivity contribution in [1.82, 2.24) is 25.1 Å². The summed E-state index contributed by atoms with van der Waals surface area (Å²) in [5.41, 5.74) is 6.65. The van der Waals surface area contributed by atoms with Crippen LogP contribution in [0.15, 0.2) is 42.6 Å². The van der Waals surface area contributed by atoms with Gasteiger partial charge in [0.2, 0.25) is 5.91 Å². The number of aromatic nitrogens is 4. The number of amides is 1. The number of pyridine rings is 2. The van der Waals surface area contributed by atoms with Crippen molar-refractivity contribution in [1.29, 1.82) is 5.26 Å². The molecule has 1 amide bonds. The van der Waals surface area contributed by atoms with Gasteiger partial charge >= 0.3 is 0 Å². The first-order valence-electron chi connectivity index (χ1n) is 11.9. The minimum atomic E-state index is 0.110. The standard InChI is InChI=1S/C27H27N7O2/c1-17-19(9-10-28)5-4-6-21(17)26-23(36-3)15-22-27(30-26)25(32-31-22)20-7-8-24(29-16-20)34-13-11-33(12-14-34)18(2)35/h4-8,15-16H,9,11-14H2,1-3H3,(H,31,32). The van der Waals surface area contributed by atoms with E-state index in [9.17, 15) is 10.1 Å². The molecule has 1 aromatic carbocycles. The second-order valence-corrected chi connectivity index (χ2v) is 8.83. The van der Waals surface area contributed by atoms with Crippen molar-refractivity contribution < 1.29 is 9.53 Å². The zero-order chi connectivity index (χ0) is 25.2. The molecule has 9 heteroatoms. The number of rotatable bonds is 5. The molecule has 0 spiro atoms. The number of nitriles is 1. The van der Waals surface area contributed by atoms with E-state index in [1.54, 1.807) is 14.0 Å². The van der Waals surface area contributed by atoms with E-state index in [0.29, 0.717) is 36.6 Å². The first-order valence-corrected chi connectivity index (χ1v) is 11.9. The predicted octanol–water partition coefficient (Wildman–Crippen LogP) is 3.74. The topological polar surface area (TPSA) is 111 Å². The minimum Gasteiger partial charge on any atom is -0.494 e. The van der Waals surface area contributed by atoms with E-state index < -0.39 is 0 Å². The number of anilines is 1. The average molecular weight is 482 g/mol. The van der Waals surface area contributed by atoms with Gasteiger partial charge in [-0.3, -0.25) is 9.89 Å². The van der Waals surface area contributed by atoms with Gasteiger partial charge in [-0.25, -0.2) is 9.97 Å². The lowest BCUT2D eigenvalue weighted by Crippen LogP contribution is -2.48. The van der Waals surface area contributed by atoms with Crippen LogP contribution in [0, 0.1) is 18.3 Å². The van der Waals surface area contributed by atoms with E-state index in [-0.39, 0.29) is 5.91 Å². The molecule has 0 aliphatic carbocycles. The Kier molecular flexibility index (Phi) is 6.25. The molecule has 0 bridgehead atoms. The molecule has 4 aromatic rings. The number of nitrogens with one attached hydrogen (secondary N) is 1. The average Bonchev–Trinajstić information content (AvgIpc) is 3.32. The van der Waals surface area contributed by atoms with E-state index in [4.69, 9.17) is 9.72 Å². The van der Waals surface area contributed by atoms with Gasteiger partial charge in [0.1, 0.15) is 28.5 Å². The van der Waals surface area contributed by atoms with Gasteiger partial charge in [-0.2, -0.15) is 10.4 Å². The lowest BCUT2D eigenvalue weighted by atomic mass is 9.97. The fourth-order valence-electron chi connectivity index (χ4n) is 4.66. The number of nitrogens with zero attached hydrogens (tertiary/aromatic N) is 6. The van der Waals surface area contributed by atoms with Crippen molar-refractivity contribution in [3.63, 3.8) is 0 Å². The van der Waals surface area contributed by atoms with Crippen molar-refractivity contribution in [2.45, 2.75) is 20.3 Å². The largest absolute Gasteiger partial charge is 0.494 e. The van der Waals surface area contributed by atoms with Crippen LogP contribution in [0.5, 0.6) is 5.75 Å². The van der Waals surface area contributed by atoms with Crippen LogP contribution >= 0.6 is 0 Å². The lowest BCUT2D eigenvalue weighted by molar-refractivity contribution is -0.129. The Hall–Kier alpha value is -4.45. The molecular formula is C27H27N7O2. The molecule has 182 valence electrons. The van der Waals surface area contributed by atoms with E-state index in [1.165, 1.54) is 0 Å². The molecule has 3 aromatic heterocycles. The number of methoxy groups -OCH3 is 1. The molecule has 1 N–H and O–H groups in total. The number of hydrogen-bond donors (Lipinski definition) is 1. The Labute approximate surface area is 209 Å². The Balaban J connectivity index is 1.49. The third kappa shape index (κ3) is 4.22. The number of aromatic amines is 1. The van der Waals surface area contributed by atoms with Crippen molar-refractivity contribution in [3.05, 3.63) is 53.7 Å². The maximum absolute atomic E-state index is 11.6. The summed E-state index contributed by atoms with van der Waals surface area (Å²) in [7, 11) is 1.62. The number of benzene rings is 1. The van der Waals surface area contributed by atoms with Gasteiger partial charge in [0.25, 0.3) is 0 Å². The maximum atomic E-state index is 11.6. The number of fused-ring (bicyclic) bond motifs is 1. The molecule has 1 fully saturated rings. The van der Waals surface area contributed by atoms with Crippen molar-refractivity contribution in [3.8, 4) is 34.3 Å². The van der Waals surface area contributed by atoms with E-state index in [2.05, 4.69) is 26.2 Å². The second-order valence-electron chi connectivity index (χ2n) is 8.83. The molecule has 0 atom stereocenters. The highest BCUT2D eigenvalue weighted by atomic mass is 16.5. The number of H-pyrrole nitrogens is 1. The number of piperazine rings is 1. The van der Waals surface area contributed by atoms with Crippen molar-refractivity contribution in [2.75, 3.05) is 38.2 Å². The number of hydrogen-bond acceptors (Lipinski definition) is 7. The van der Waals surface area contributed by atoms with Gasteiger partial charge in [-0.15, -0.1) is 0 Å². The van der Waals surface area contributed by atoms with Crippen LogP contribution in [0.1, 0.15) is 18.1 Å². The molecule has 0 saturated carbocycles. The van der Waals surface area contributed by atoms with Gasteiger partial charge in [0.05, 0.1) is 25.1 Å². The fraction of sp³-hybridized carbons (Fsp3) is 0.296. The van der Waals surface area contributed by atoms with Crippen LogP contribution in [-0.4, -0.2) is 64.3 Å².